The fourth-order valence-corrected chi connectivity index (χ4v) is 8.25. The summed E-state index contributed by atoms with van der Waals surface area (Å²) in [6, 6.07) is 4.65. The lowest BCUT2D eigenvalue weighted by Gasteiger charge is -2.79. The third kappa shape index (κ3) is 1.66. The van der Waals surface area contributed by atoms with E-state index in [1.807, 2.05) is 6.07 Å². The number of carbonyl (C=O) groups is 2. The van der Waals surface area contributed by atoms with Crippen LogP contribution in [0.1, 0.15) is 58.5 Å². The number of rotatable bonds is 3. The zero-order valence-electron chi connectivity index (χ0n) is 16.4. The van der Waals surface area contributed by atoms with Crippen LogP contribution in [0.15, 0.2) is 36.8 Å². The Hall–Kier alpha value is -2.83. The van der Waals surface area contributed by atoms with E-state index in [9.17, 15) is 14.0 Å². The van der Waals surface area contributed by atoms with Gasteiger partial charge in [-0.2, -0.15) is 0 Å². The summed E-state index contributed by atoms with van der Waals surface area (Å²) >= 11 is 0. The molecule has 2 amide bonds. The summed E-state index contributed by atoms with van der Waals surface area (Å²) in [5, 5.41) is 3.32. The monoisotopic (exact) mass is 404 g/mol. The highest BCUT2D eigenvalue weighted by Crippen LogP contribution is 2.85. The number of nitrogens with one attached hydrogen (secondary N) is 1. The van der Waals surface area contributed by atoms with Crippen molar-refractivity contribution in [2.45, 2.75) is 49.7 Å². The van der Waals surface area contributed by atoms with Gasteiger partial charge in [0.25, 0.3) is 11.8 Å². The number of fused-ring (bicyclic) bond motifs is 2. The molecule has 7 rings (SSSR count). The molecule has 5 atom stereocenters. The lowest BCUT2D eigenvalue weighted by molar-refractivity contribution is -0.260. The molecule has 2 aromatic heterocycles. The first kappa shape index (κ1) is 16.9. The van der Waals surface area contributed by atoms with Gasteiger partial charge in [0.1, 0.15) is 11.5 Å². The molecule has 6 nitrogen and oxygen atoms in total. The van der Waals surface area contributed by atoms with E-state index < -0.39 is 5.82 Å². The average Bonchev–Trinajstić information content (AvgIpc) is 3.32. The summed E-state index contributed by atoms with van der Waals surface area (Å²) in [7, 11) is 0. The smallest absolute Gasteiger partial charge is 0.270 e. The molecule has 4 fully saturated rings. The minimum absolute atomic E-state index is 0.0362. The van der Waals surface area contributed by atoms with Gasteiger partial charge in [-0.15, -0.1) is 0 Å². The summed E-state index contributed by atoms with van der Waals surface area (Å²) < 4.78 is 13.2. The van der Waals surface area contributed by atoms with Crippen molar-refractivity contribution in [3.8, 4) is 0 Å². The number of hydrogen-bond acceptors (Lipinski definition) is 4. The van der Waals surface area contributed by atoms with E-state index in [0.717, 1.165) is 49.4 Å². The Kier molecular flexibility index (Phi) is 2.86. The van der Waals surface area contributed by atoms with Crippen LogP contribution in [0.25, 0.3) is 0 Å². The first-order chi connectivity index (χ1) is 14.5. The Morgan fingerprint density at radius 3 is 2.80 bits per heavy atom. The molecule has 2 bridgehead atoms. The van der Waals surface area contributed by atoms with Gasteiger partial charge >= 0.3 is 0 Å². The molecule has 0 saturated heterocycles. The molecule has 2 aromatic rings. The van der Waals surface area contributed by atoms with E-state index in [1.165, 1.54) is 12.1 Å². The van der Waals surface area contributed by atoms with Crippen molar-refractivity contribution in [3.05, 3.63) is 59.4 Å². The SMILES string of the molecule is O=C(NC12CC3CC4(N5Cc6ccncc6C5=O)CC(C1)C24C3)c1ccc(F)cn1. The second kappa shape index (κ2) is 5.07. The van der Waals surface area contributed by atoms with Crippen LogP contribution in [-0.4, -0.2) is 37.8 Å². The van der Waals surface area contributed by atoms with Crippen LogP contribution >= 0.6 is 0 Å². The van der Waals surface area contributed by atoms with Gasteiger partial charge in [0.05, 0.1) is 17.3 Å². The van der Waals surface area contributed by atoms with Crippen LogP contribution < -0.4 is 5.32 Å². The molecule has 5 unspecified atom stereocenters. The van der Waals surface area contributed by atoms with Crippen LogP contribution in [0.2, 0.25) is 0 Å². The first-order valence-electron chi connectivity index (χ1n) is 10.7. The van der Waals surface area contributed by atoms with Gasteiger partial charge in [0.15, 0.2) is 0 Å². The predicted molar refractivity (Wildman–Crippen MR) is 104 cm³/mol. The van der Waals surface area contributed by atoms with Crippen molar-refractivity contribution in [2.24, 2.45) is 17.3 Å². The molecule has 4 aliphatic carbocycles. The fraction of sp³-hybridized carbons (Fsp3) is 0.478. The normalized spacial score (nSPS) is 39.2. The maximum Gasteiger partial charge on any atom is 0.270 e. The van der Waals surface area contributed by atoms with Gasteiger partial charge in [-0.05, 0) is 67.7 Å². The highest BCUT2D eigenvalue weighted by molar-refractivity contribution is 5.99. The molecule has 30 heavy (non-hydrogen) atoms. The maximum atomic E-state index is 13.3. The number of aromatic nitrogens is 2. The van der Waals surface area contributed by atoms with Crippen molar-refractivity contribution >= 4 is 11.8 Å². The van der Waals surface area contributed by atoms with Crippen LogP contribution in [-0.2, 0) is 6.54 Å². The summed E-state index contributed by atoms with van der Waals surface area (Å²) in [6.07, 6.45) is 9.59. The molecule has 3 heterocycles. The minimum atomic E-state index is -0.452. The highest BCUT2D eigenvalue weighted by Gasteiger charge is 2.88. The third-order valence-corrected chi connectivity index (χ3v) is 8.98. The zero-order chi connectivity index (χ0) is 20.3. The van der Waals surface area contributed by atoms with Crippen LogP contribution in [0.4, 0.5) is 4.39 Å². The topological polar surface area (TPSA) is 75.2 Å². The van der Waals surface area contributed by atoms with Gasteiger partial charge in [0, 0.05) is 29.9 Å². The molecular formula is C23H21FN4O2. The lowest BCUT2D eigenvalue weighted by Crippen LogP contribution is -2.86. The third-order valence-electron chi connectivity index (χ3n) is 8.98. The van der Waals surface area contributed by atoms with E-state index >= 15 is 0 Å². The minimum Gasteiger partial charge on any atom is -0.345 e. The molecule has 0 radical (unpaired) electrons. The largest absolute Gasteiger partial charge is 0.345 e. The lowest BCUT2D eigenvalue weighted by atomic mass is 9.31. The summed E-state index contributed by atoms with van der Waals surface area (Å²) in [5.74, 6) is 0.475. The Morgan fingerprint density at radius 1 is 1.13 bits per heavy atom. The number of carbonyl (C=O) groups excluding carboxylic acids is 2. The summed E-state index contributed by atoms with van der Waals surface area (Å²) in [6.45, 7) is 0.640. The van der Waals surface area contributed by atoms with Crippen molar-refractivity contribution in [1.82, 2.24) is 20.2 Å². The summed E-state index contributed by atoms with van der Waals surface area (Å²) in [4.78, 5) is 36.5. The predicted octanol–water partition coefficient (Wildman–Crippen LogP) is 2.70. The van der Waals surface area contributed by atoms with Crippen LogP contribution in [0, 0.1) is 23.1 Å². The van der Waals surface area contributed by atoms with Crippen molar-refractivity contribution in [2.75, 3.05) is 0 Å². The molecule has 1 spiro atoms. The Balaban J connectivity index is 1.24. The van der Waals surface area contributed by atoms with Crippen LogP contribution in [0.3, 0.4) is 0 Å². The molecule has 4 saturated carbocycles. The van der Waals surface area contributed by atoms with E-state index in [0.29, 0.717) is 18.4 Å². The zero-order valence-corrected chi connectivity index (χ0v) is 16.4. The van der Waals surface area contributed by atoms with Crippen molar-refractivity contribution < 1.29 is 14.0 Å². The number of hydrogen-bond donors (Lipinski definition) is 1. The van der Waals surface area contributed by atoms with E-state index in [-0.39, 0.29) is 34.0 Å². The average molecular weight is 404 g/mol. The molecule has 152 valence electrons. The van der Waals surface area contributed by atoms with E-state index in [4.69, 9.17) is 0 Å². The maximum absolute atomic E-state index is 13.3. The number of pyridine rings is 2. The Labute approximate surface area is 172 Å². The van der Waals surface area contributed by atoms with E-state index in [2.05, 4.69) is 20.2 Å². The van der Waals surface area contributed by atoms with Crippen molar-refractivity contribution in [3.63, 3.8) is 0 Å². The molecule has 5 aliphatic rings. The molecule has 0 aromatic carbocycles. The molecular weight excluding hydrogens is 383 g/mol. The van der Waals surface area contributed by atoms with Gasteiger partial charge < -0.3 is 10.2 Å². The number of halogens is 1. The molecule has 7 heteroatoms. The summed E-state index contributed by atoms with van der Waals surface area (Å²) in [5.41, 5.74) is 1.54. The molecule has 1 N–H and O–H groups in total. The van der Waals surface area contributed by atoms with Crippen LogP contribution in [0.5, 0.6) is 0 Å². The second-order valence-corrected chi connectivity index (χ2v) is 9.91. The number of amides is 2. The quantitative estimate of drug-likeness (QED) is 0.854. The Bertz CT molecular complexity index is 1140. The highest BCUT2D eigenvalue weighted by atomic mass is 19.1. The van der Waals surface area contributed by atoms with E-state index in [1.54, 1.807) is 12.4 Å². The second-order valence-electron chi connectivity index (χ2n) is 9.91. The first-order valence-corrected chi connectivity index (χ1v) is 10.7. The van der Waals surface area contributed by atoms with Gasteiger partial charge in [-0.3, -0.25) is 14.6 Å². The fourth-order valence-electron chi connectivity index (χ4n) is 8.25. The van der Waals surface area contributed by atoms with Gasteiger partial charge in [-0.25, -0.2) is 9.37 Å². The van der Waals surface area contributed by atoms with Gasteiger partial charge in [-0.1, -0.05) is 0 Å². The molecule has 1 aliphatic heterocycles. The Morgan fingerprint density at radius 2 is 2.03 bits per heavy atom. The standard InChI is InChI=1S/C23H21FN4O2/c24-16-1-2-18(26-10-16)19(29)27-21-5-13-6-22(9-15(8-21)23(21,22)7-13)28-12-14-3-4-25-11-17(14)20(28)30/h1-4,10-11,13,15H,5-9,12H2,(H,27,29). The van der Waals surface area contributed by atoms with Gasteiger partial charge in [0.2, 0.25) is 0 Å². The van der Waals surface area contributed by atoms with Crippen molar-refractivity contribution in [1.29, 1.82) is 0 Å². The number of nitrogens with zero attached hydrogens (tertiary/aromatic N) is 3.